The average Bonchev–Trinajstić information content (AvgIpc) is 2.83. The molecule has 2 unspecified atom stereocenters. The monoisotopic (exact) mass is 201 g/mol. The average molecular weight is 201 g/mol. The molecule has 3 heteroatoms. The molecule has 1 aliphatic carbocycles. The van der Waals surface area contributed by atoms with Gasteiger partial charge in [0.1, 0.15) is 11.5 Å². The quantitative estimate of drug-likeness (QED) is 0.827. The van der Waals surface area contributed by atoms with Crippen LogP contribution in [0.25, 0.3) is 5.65 Å². The predicted molar refractivity (Wildman–Crippen MR) is 61.0 cm³/mol. The zero-order valence-corrected chi connectivity index (χ0v) is 8.85. The van der Waals surface area contributed by atoms with Gasteiger partial charge in [0.2, 0.25) is 0 Å². The standard InChI is InChI=1S/C12H15N3/c1-2-9-8-10(9)14-12-5-3-4-11-13-6-7-15(11)12/h3-7,9-10,14H,2,8H2,1H3. The maximum Gasteiger partial charge on any atom is 0.138 e. The van der Waals surface area contributed by atoms with Crippen molar-refractivity contribution in [3.63, 3.8) is 0 Å². The number of anilines is 1. The highest BCUT2D eigenvalue weighted by Crippen LogP contribution is 2.35. The summed E-state index contributed by atoms with van der Waals surface area (Å²) in [4.78, 5) is 4.27. The summed E-state index contributed by atoms with van der Waals surface area (Å²) >= 11 is 0. The first-order valence-electron chi connectivity index (χ1n) is 5.57. The summed E-state index contributed by atoms with van der Waals surface area (Å²) in [5.74, 6) is 2.02. The van der Waals surface area contributed by atoms with Crippen LogP contribution in [0.4, 0.5) is 5.82 Å². The van der Waals surface area contributed by atoms with Crippen LogP contribution in [0.15, 0.2) is 30.6 Å². The van der Waals surface area contributed by atoms with E-state index in [1.165, 1.54) is 12.8 Å². The minimum absolute atomic E-state index is 0.669. The van der Waals surface area contributed by atoms with E-state index in [4.69, 9.17) is 0 Å². The highest BCUT2D eigenvalue weighted by Gasteiger charge is 2.35. The number of fused-ring (bicyclic) bond motifs is 1. The second-order valence-corrected chi connectivity index (χ2v) is 4.22. The van der Waals surface area contributed by atoms with Crippen molar-refractivity contribution in [2.24, 2.45) is 5.92 Å². The maximum atomic E-state index is 4.27. The van der Waals surface area contributed by atoms with E-state index >= 15 is 0 Å². The van der Waals surface area contributed by atoms with Crippen LogP contribution in [0.1, 0.15) is 19.8 Å². The fourth-order valence-electron chi connectivity index (χ4n) is 2.13. The van der Waals surface area contributed by atoms with Gasteiger partial charge in [-0.3, -0.25) is 4.40 Å². The van der Waals surface area contributed by atoms with Crippen LogP contribution < -0.4 is 5.32 Å². The molecular formula is C12H15N3. The molecule has 0 saturated heterocycles. The van der Waals surface area contributed by atoms with Gasteiger partial charge in [-0.2, -0.15) is 0 Å². The van der Waals surface area contributed by atoms with Crippen LogP contribution in [0, 0.1) is 5.92 Å². The Morgan fingerprint density at radius 2 is 2.47 bits per heavy atom. The molecule has 3 nitrogen and oxygen atoms in total. The number of rotatable bonds is 3. The minimum atomic E-state index is 0.669. The SMILES string of the molecule is CCC1CC1Nc1cccc2nccn12. The Hall–Kier alpha value is -1.51. The third-order valence-corrected chi connectivity index (χ3v) is 3.21. The summed E-state index contributed by atoms with van der Waals surface area (Å²) in [6, 6.07) is 6.85. The van der Waals surface area contributed by atoms with Crippen LogP contribution >= 0.6 is 0 Å². The van der Waals surface area contributed by atoms with Gasteiger partial charge in [-0.05, 0) is 24.5 Å². The van der Waals surface area contributed by atoms with Crippen molar-refractivity contribution in [1.82, 2.24) is 9.38 Å². The molecule has 1 N–H and O–H groups in total. The second kappa shape index (κ2) is 3.26. The van der Waals surface area contributed by atoms with Crippen LogP contribution in [-0.4, -0.2) is 15.4 Å². The first-order valence-corrected chi connectivity index (χ1v) is 5.57. The van der Waals surface area contributed by atoms with Gasteiger partial charge >= 0.3 is 0 Å². The van der Waals surface area contributed by atoms with Gasteiger partial charge < -0.3 is 5.32 Å². The van der Waals surface area contributed by atoms with Crippen molar-refractivity contribution in [3.05, 3.63) is 30.6 Å². The zero-order valence-electron chi connectivity index (χ0n) is 8.85. The van der Waals surface area contributed by atoms with Crippen LogP contribution in [0.5, 0.6) is 0 Å². The Bertz CT molecular complexity index is 474. The molecule has 0 amide bonds. The van der Waals surface area contributed by atoms with Crippen molar-refractivity contribution in [2.75, 3.05) is 5.32 Å². The Kier molecular flexibility index (Phi) is 1.91. The third kappa shape index (κ3) is 1.48. The summed E-state index contributed by atoms with van der Waals surface area (Å²) in [5.41, 5.74) is 1.01. The molecule has 2 aromatic heterocycles. The molecule has 3 rings (SSSR count). The third-order valence-electron chi connectivity index (χ3n) is 3.21. The molecule has 0 bridgehead atoms. The van der Waals surface area contributed by atoms with Crippen molar-refractivity contribution < 1.29 is 0 Å². The van der Waals surface area contributed by atoms with E-state index in [0.29, 0.717) is 6.04 Å². The number of imidazole rings is 1. The molecule has 2 heterocycles. The highest BCUT2D eigenvalue weighted by molar-refractivity contribution is 5.50. The summed E-state index contributed by atoms with van der Waals surface area (Å²) < 4.78 is 2.10. The van der Waals surface area contributed by atoms with Gasteiger partial charge in [0.25, 0.3) is 0 Å². The number of nitrogens with zero attached hydrogens (tertiary/aromatic N) is 2. The summed E-state index contributed by atoms with van der Waals surface area (Å²) in [5, 5.41) is 3.57. The molecule has 0 spiro atoms. The Labute approximate surface area is 89.1 Å². The van der Waals surface area contributed by atoms with Crippen molar-refractivity contribution in [3.8, 4) is 0 Å². The number of hydrogen-bond acceptors (Lipinski definition) is 2. The van der Waals surface area contributed by atoms with Crippen LogP contribution in [0.3, 0.4) is 0 Å². The van der Waals surface area contributed by atoms with E-state index < -0.39 is 0 Å². The highest BCUT2D eigenvalue weighted by atomic mass is 15.1. The molecule has 0 aliphatic heterocycles. The molecule has 0 radical (unpaired) electrons. The molecule has 2 atom stereocenters. The number of nitrogens with one attached hydrogen (secondary N) is 1. The first kappa shape index (κ1) is 8.77. The summed E-state index contributed by atoms with van der Waals surface area (Å²) in [7, 11) is 0. The smallest absolute Gasteiger partial charge is 0.138 e. The van der Waals surface area contributed by atoms with Gasteiger partial charge in [0, 0.05) is 18.4 Å². The largest absolute Gasteiger partial charge is 0.368 e. The topological polar surface area (TPSA) is 29.3 Å². The lowest BCUT2D eigenvalue weighted by atomic mass is 10.3. The first-order chi connectivity index (χ1) is 7.38. The Morgan fingerprint density at radius 1 is 1.53 bits per heavy atom. The normalized spacial score (nSPS) is 24.3. The van der Waals surface area contributed by atoms with E-state index in [0.717, 1.165) is 17.4 Å². The number of aromatic nitrogens is 2. The van der Waals surface area contributed by atoms with Crippen molar-refractivity contribution >= 4 is 11.5 Å². The fourth-order valence-corrected chi connectivity index (χ4v) is 2.13. The molecule has 78 valence electrons. The maximum absolute atomic E-state index is 4.27. The van der Waals surface area contributed by atoms with E-state index in [2.05, 4.69) is 27.7 Å². The Morgan fingerprint density at radius 3 is 3.27 bits per heavy atom. The lowest BCUT2D eigenvalue weighted by Crippen LogP contribution is -2.07. The lowest BCUT2D eigenvalue weighted by molar-refractivity contribution is 0.772. The molecule has 15 heavy (non-hydrogen) atoms. The van der Waals surface area contributed by atoms with Gasteiger partial charge in [-0.15, -0.1) is 0 Å². The van der Waals surface area contributed by atoms with Crippen molar-refractivity contribution in [2.45, 2.75) is 25.8 Å². The predicted octanol–water partition coefficient (Wildman–Crippen LogP) is 2.54. The zero-order chi connectivity index (χ0) is 10.3. The fraction of sp³-hybridized carbons (Fsp3) is 0.417. The van der Waals surface area contributed by atoms with E-state index in [1.54, 1.807) is 0 Å². The van der Waals surface area contributed by atoms with E-state index in [9.17, 15) is 0 Å². The molecule has 1 aliphatic rings. The number of hydrogen-bond donors (Lipinski definition) is 1. The summed E-state index contributed by atoms with van der Waals surface area (Å²) in [6.07, 6.45) is 6.42. The van der Waals surface area contributed by atoms with Gasteiger partial charge in [-0.25, -0.2) is 4.98 Å². The van der Waals surface area contributed by atoms with Gasteiger partial charge in [0.05, 0.1) is 0 Å². The molecule has 2 aromatic rings. The summed E-state index contributed by atoms with van der Waals surface area (Å²) in [6.45, 7) is 2.25. The molecule has 1 saturated carbocycles. The van der Waals surface area contributed by atoms with E-state index in [-0.39, 0.29) is 0 Å². The molecule has 0 aromatic carbocycles. The lowest BCUT2D eigenvalue weighted by Gasteiger charge is -2.07. The van der Waals surface area contributed by atoms with Crippen LogP contribution in [-0.2, 0) is 0 Å². The number of pyridine rings is 1. The van der Waals surface area contributed by atoms with Crippen LogP contribution in [0.2, 0.25) is 0 Å². The second-order valence-electron chi connectivity index (χ2n) is 4.22. The molecule has 1 fully saturated rings. The van der Waals surface area contributed by atoms with E-state index in [1.807, 2.05) is 24.5 Å². The molecular weight excluding hydrogens is 186 g/mol. The minimum Gasteiger partial charge on any atom is -0.368 e. The van der Waals surface area contributed by atoms with Gasteiger partial charge in [-0.1, -0.05) is 19.4 Å². The van der Waals surface area contributed by atoms with Gasteiger partial charge in [0.15, 0.2) is 0 Å². The Balaban J connectivity index is 1.88. The van der Waals surface area contributed by atoms with Crippen molar-refractivity contribution in [1.29, 1.82) is 0 Å².